The Morgan fingerprint density at radius 2 is 1.12 bits per heavy atom. The number of carbonyl (C=O) groups excluding carboxylic acids is 2. The maximum absolute atomic E-state index is 13.7. The van der Waals surface area contributed by atoms with E-state index in [1.807, 2.05) is 48.5 Å². The molecule has 2 aliphatic rings. The summed E-state index contributed by atoms with van der Waals surface area (Å²) in [5.41, 5.74) is 2.03. The van der Waals surface area contributed by atoms with Gasteiger partial charge in [0.15, 0.2) is 6.10 Å². The normalized spacial score (nSPS) is 21.6. The SMILES string of the molecule is COc1ccc([C@H]2[C@H]3C(=O)N(c4ccc(OC)cc4)C(=O)[C@H]3ON2c2ccc(OC)cc2)cc1. The molecule has 0 spiro atoms. The lowest BCUT2D eigenvalue weighted by Crippen LogP contribution is -2.37. The molecule has 8 nitrogen and oxygen atoms in total. The second kappa shape index (κ2) is 8.72. The van der Waals surface area contributed by atoms with Crippen molar-refractivity contribution in [2.45, 2.75) is 12.1 Å². The molecule has 2 fully saturated rings. The Labute approximate surface area is 197 Å². The molecule has 3 aromatic carbocycles. The molecule has 0 saturated carbocycles. The molecule has 3 aromatic rings. The third kappa shape index (κ3) is 3.52. The molecule has 174 valence electrons. The fourth-order valence-electron chi connectivity index (χ4n) is 4.49. The van der Waals surface area contributed by atoms with Gasteiger partial charge in [-0.05, 0) is 66.2 Å². The summed E-state index contributed by atoms with van der Waals surface area (Å²) in [4.78, 5) is 34.4. The van der Waals surface area contributed by atoms with Crippen molar-refractivity contribution in [3.8, 4) is 17.2 Å². The fourth-order valence-corrected chi connectivity index (χ4v) is 4.49. The summed E-state index contributed by atoms with van der Waals surface area (Å²) in [7, 11) is 4.75. The van der Waals surface area contributed by atoms with E-state index in [4.69, 9.17) is 19.0 Å². The van der Waals surface area contributed by atoms with E-state index in [-0.39, 0.29) is 5.91 Å². The molecule has 2 amide bonds. The number of ether oxygens (including phenoxy) is 3. The number of imide groups is 1. The fraction of sp³-hybridized carbons (Fsp3) is 0.231. The van der Waals surface area contributed by atoms with Crippen LogP contribution in [-0.4, -0.2) is 39.2 Å². The van der Waals surface area contributed by atoms with E-state index in [2.05, 4.69) is 0 Å². The minimum atomic E-state index is -0.941. The summed E-state index contributed by atoms with van der Waals surface area (Å²) < 4.78 is 15.7. The van der Waals surface area contributed by atoms with E-state index < -0.39 is 24.0 Å². The molecule has 0 bridgehead atoms. The first kappa shape index (κ1) is 21.8. The van der Waals surface area contributed by atoms with Crippen LogP contribution >= 0.6 is 0 Å². The second-order valence-corrected chi connectivity index (χ2v) is 8.00. The standard InChI is InChI=1S/C26H24N2O6/c1-31-19-10-4-16(5-11-19)23-22-24(34-28(23)18-8-14-21(33-3)15-9-18)26(30)27(25(22)29)17-6-12-20(32-2)13-7-17/h4-15,22-24H,1-3H3/t22-,23+,24+/m1/s1. The van der Waals surface area contributed by atoms with Crippen molar-refractivity contribution in [3.63, 3.8) is 0 Å². The maximum atomic E-state index is 13.7. The number of benzene rings is 3. The zero-order valence-electron chi connectivity index (χ0n) is 19.0. The van der Waals surface area contributed by atoms with Crippen LogP contribution in [0.25, 0.3) is 0 Å². The summed E-state index contributed by atoms with van der Waals surface area (Å²) in [6, 6.07) is 21.1. The van der Waals surface area contributed by atoms with Gasteiger partial charge in [-0.25, -0.2) is 9.96 Å². The Bertz CT molecular complexity index is 1190. The molecule has 0 unspecified atom stereocenters. The molecule has 0 radical (unpaired) electrons. The van der Waals surface area contributed by atoms with Gasteiger partial charge in [0.05, 0.1) is 38.7 Å². The van der Waals surface area contributed by atoms with Crippen molar-refractivity contribution in [1.82, 2.24) is 0 Å². The third-order valence-electron chi connectivity index (χ3n) is 6.23. The summed E-state index contributed by atoms with van der Waals surface area (Å²) in [6.45, 7) is 0. The average Bonchev–Trinajstić information content (AvgIpc) is 3.40. The lowest BCUT2D eigenvalue weighted by Gasteiger charge is -2.29. The molecule has 2 heterocycles. The van der Waals surface area contributed by atoms with E-state index in [0.717, 1.165) is 5.56 Å². The maximum Gasteiger partial charge on any atom is 0.266 e. The number of hydroxylamine groups is 1. The van der Waals surface area contributed by atoms with Crippen LogP contribution in [0.4, 0.5) is 11.4 Å². The highest BCUT2D eigenvalue weighted by Gasteiger charge is 2.60. The Kier molecular flexibility index (Phi) is 5.59. The second-order valence-electron chi connectivity index (χ2n) is 8.00. The van der Waals surface area contributed by atoms with Crippen LogP contribution in [0.5, 0.6) is 17.2 Å². The first-order valence-corrected chi connectivity index (χ1v) is 10.8. The number of methoxy groups -OCH3 is 3. The number of nitrogens with zero attached hydrogens (tertiary/aromatic N) is 2. The molecular formula is C26H24N2O6. The minimum absolute atomic E-state index is 0.308. The lowest BCUT2D eigenvalue weighted by molar-refractivity contribution is -0.126. The number of fused-ring (bicyclic) bond motifs is 1. The van der Waals surface area contributed by atoms with Crippen LogP contribution in [-0.2, 0) is 14.4 Å². The van der Waals surface area contributed by atoms with E-state index >= 15 is 0 Å². The monoisotopic (exact) mass is 460 g/mol. The highest BCUT2D eigenvalue weighted by atomic mass is 16.7. The van der Waals surface area contributed by atoms with Gasteiger partial charge in [0, 0.05) is 0 Å². The van der Waals surface area contributed by atoms with Gasteiger partial charge in [-0.1, -0.05) is 12.1 Å². The molecule has 0 aliphatic carbocycles. The zero-order valence-corrected chi connectivity index (χ0v) is 19.0. The smallest absolute Gasteiger partial charge is 0.266 e. The van der Waals surface area contributed by atoms with Crippen molar-refractivity contribution in [1.29, 1.82) is 0 Å². The molecule has 2 aliphatic heterocycles. The number of hydrogen-bond acceptors (Lipinski definition) is 7. The Balaban J connectivity index is 1.54. The quantitative estimate of drug-likeness (QED) is 0.519. The first-order chi connectivity index (χ1) is 16.5. The molecule has 3 atom stereocenters. The van der Waals surface area contributed by atoms with E-state index in [0.29, 0.717) is 28.6 Å². The van der Waals surface area contributed by atoms with Crippen LogP contribution in [0.3, 0.4) is 0 Å². The number of hydrogen-bond donors (Lipinski definition) is 0. The third-order valence-corrected chi connectivity index (χ3v) is 6.23. The number of amides is 2. The topological polar surface area (TPSA) is 77.5 Å². The highest BCUT2D eigenvalue weighted by Crippen LogP contribution is 2.48. The van der Waals surface area contributed by atoms with Crippen LogP contribution in [0.1, 0.15) is 11.6 Å². The number of rotatable bonds is 6. The van der Waals surface area contributed by atoms with E-state index in [1.54, 1.807) is 50.7 Å². The minimum Gasteiger partial charge on any atom is -0.497 e. The van der Waals surface area contributed by atoms with Crippen molar-refractivity contribution in [3.05, 3.63) is 78.4 Å². The molecular weight excluding hydrogens is 436 g/mol. The van der Waals surface area contributed by atoms with Gasteiger partial charge in [0.25, 0.3) is 5.91 Å². The Hall–Kier alpha value is -4.04. The zero-order chi connectivity index (χ0) is 23.8. The molecule has 0 aromatic heterocycles. The van der Waals surface area contributed by atoms with Crippen molar-refractivity contribution < 1.29 is 28.6 Å². The van der Waals surface area contributed by atoms with Crippen molar-refractivity contribution >= 4 is 23.2 Å². The number of carbonyl (C=O) groups is 2. The molecule has 2 saturated heterocycles. The van der Waals surface area contributed by atoms with Crippen molar-refractivity contribution in [2.24, 2.45) is 5.92 Å². The predicted octanol–water partition coefficient (Wildman–Crippen LogP) is 3.76. The summed E-state index contributed by atoms with van der Waals surface area (Å²) >= 11 is 0. The van der Waals surface area contributed by atoms with Crippen LogP contribution in [0, 0.1) is 5.92 Å². The lowest BCUT2D eigenvalue weighted by atomic mass is 9.90. The van der Waals surface area contributed by atoms with Gasteiger partial charge in [0.2, 0.25) is 5.91 Å². The molecule has 0 N–H and O–H groups in total. The van der Waals surface area contributed by atoms with E-state index in [1.165, 1.54) is 4.90 Å². The van der Waals surface area contributed by atoms with Gasteiger partial charge in [0.1, 0.15) is 23.2 Å². The van der Waals surface area contributed by atoms with Gasteiger partial charge in [-0.2, -0.15) is 0 Å². The molecule has 5 rings (SSSR count). The Morgan fingerprint density at radius 3 is 1.62 bits per heavy atom. The summed E-state index contributed by atoms with van der Waals surface area (Å²) in [6.07, 6.45) is -0.941. The Morgan fingerprint density at radius 1 is 0.647 bits per heavy atom. The van der Waals surface area contributed by atoms with Gasteiger partial charge in [-0.15, -0.1) is 0 Å². The predicted molar refractivity (Wildman–Crippen MR) is 125 cm³/mol. The summed E-state index contributed by atoms with van der Waals surface area (Å²) in [5, 5.41) is 1.65. The first-order valence-electron chi connectivity index (χ1n) is 10.8. The van der Waals surface area contributed by atoms with Crippen LogP contribution in [0.2, 0.25) is 0 Å². The van der Waals surface area contributed by atoms with Gasteiger partial charge >= 0.3 is 0 Å². The van der Waals surface area contributed by atoms with Gasteiger partial charge < -0.3 is 14.2 Å². The van der Waals surface area contributed by atoms with Crippen LogP contribution in [0.15, 0.2) is 72.8 Å². The highest BCUT2D eigenvalue weighted by molar-refractivity contribution is 6.23. The number of anilines is 2. The molecule has 8 heteroatoms. The largest absolute Gasteiger partial charge is 0.497 e. The average molecular weight is 460 g/mol. The van der Waals surface area contributed by atoms with E-state index in [9.17, 15) is 9.59 Å². The molecule has 34 heavy (non-hydrogen) atoms. The van der Waals surface area contributed by atoms with Crippen LogP contribution < -0.4 is 24.2 Å². The summed E-state index contributed by atoms with van der Waals surface area (Å²) in [5.74, 6) is 0.615. The van der Waals surface area contributed by atoms with Gasteiger partial charge in [-0.3, -0.25) is 14.4 Å². The van der Waals surface area contributed by atoms with Crippen molar-refractivity contribution in [2.75, 3.05) is 31.3 Å².